The number of hydrogen-bond acceptors (Lipinski definition) is 6. The van der Waals surface area contributed by atoms with Gasteiger partial charge in [-0.05, 0) is 12.0 Å². The first kappa shape index (κ1) is 14.4. The molecule has 2 rings (SSSR count). The molecule has 0 saturated carbocycles. The summed E-state index contributed by atoms with van der Waals surface area (Å²) in [7, 11) is 0. The molecule has 1 aliphatic rings. The van der Waals surface area contributed by atoms with Crippen molar-refractivity contribution in [2.24, 2.45) is 0 Å². The minimum Gasteiger partial charge on any atom is -0.453 e. The maximum atomic E-state index is 11.9. The summed E-state index contributed by atoms with van der Waals surface area (Å²) < 4.78 is 5.01. The van der Waals surface area contributed by atoms with Gasteiger partial charge in [-0.2, -0.15) is 0 Å². The lowest BCUT2D eigenvalue weighted by molar-refractivity contribution is -0.422. The first-order chi connectivity index (χ1) is 9.68. The van der Waals surface area contributed by atoms with E-state index in [-0.39, 0.29) is 6.61 Å². The number of nitrogens with zero attached hydrogens (tertiary/aromatic N) is 1. The third kappa shape index (κ3) is 3.74. The summed E-state index contributed by atoms with van der Waals surface area (Å²) in [6, 6.07) is 9.06. The van der Waals surface area contributed by atoms with Gasteiger partial charge in [-0.15, -0.1) is 11.8 Å². The van der Waals surface area contributed by atoms with Crippen molar-refractivity contribution >= 4 is 17.7 Å². The molecule has 0 unspecified atom stereocenters. The average Bonchev–Trinajstić information content (AvgIpc) is 2.47. The lowest BCUT2D eigenvalue weighted by Gasteiger charge is -2.15. The van der Waals surface area contributed by atoms with E-state index in [0.717, 1.165) is 17.7 Å². The number of thioether (sulfide) groups is 1. The predicted octanol–water partition coefficient (Wildman–Crippen LogP) is 1.90. The van der Waals surface area contributed by atoms with Gasteiger partial charge in [0.05, 0.1) is 4.92 Å². The van der Waals surface area contributed by atoms with Crippen LogP contribution in [0.2, 0.25) is 0 Å². The normalized spacial score (nSPS) is 17.0. The Balaban J connectivity index is 2.06. The van der Waals surface area contributed by atoms with Crippen molar-refractivity contribution in [3.8, 4) is 0 Å². The van der Waals surface area contributed by atoms with Gasteiger partial charge >= 0.3 is 11.7 Å². The zero-order valence-electron chi connectivity index (χ0n) is 10.7. The third-order valence-electron chi connectivity index (χ3n) is 2.66. The highest BCUT2D eigenvalue weighted by Gasteiger charge is 2.30. The lowest BCUT2D eigenvalue weighted by Crippen LogP contribution is -2.26. The number of nitrogens with one attached hydrogen (secondary N) is 1. The Morgan fingerprint density at radius 1 is 1.40 bits per heavy atom. The molecule has 1 fully saturated rings. The van der Waals surface area contributed by atoms with E-state index >= 15 is 0 Å². The van der Waals surface area contributed by atoms with Gasteiger partial charge in [0.2, 0.25) is 0 Å². The number of esters is 1. The van der Waals surface area contributed by atoms with Crippen LogP contribution in [-0.2, 0) is 16.1 Å². The molecule has 0 spiro atoms. The Hall–Kier alpha value is -2.02. The topological polar surface area (TPSA) is 81.5 Å². The van der Waals surface area contributed by atoms with E-state index in [1.54, 1.807) is 12.1 Å². The number of nitro groups is 1. The molecule has 1 N–H and O–H groups in total. The molecule has 1 aliphatic heterocycles. The molecule has 106 valence electrons. The fraction of sp³-hybridized carbons (Fsp3) is 0.308. The maximum absolute atomic E-state index is 11.9. The molecule has 1 saturated heterocycles. The van der Waals surface area contributed by atoms with Gasteiger partial charge in [0.25, 0.3) is 0 Å². The van der Waals surface area contributed by atoms with Crippen LogP contribution >= 0.6 is 11.8 Å². The monoisotopic (exact) mass is 294 g/mol. The molecule has 1 heterocycles. The minimum atomic E-state index is -0.907. The number of benzene rings is 1. The average molecular weight is 294 g/mol. The maximum Gasteiger partial charge on any atom is 0.413 e. The Kier molecular flexibility index (Phi) is 5.00. The molecule has 0 aromatic heterocycles. The van der Waals surface area contributed by atoms with Gasteiger partial charge < -0.3 is 10.1 Å². The fourth-order valence-electron chi connectivity index (χ4n) is 1.69. The lowest BCUT2D eigenvalue weighted by atomic mass is 10.2. The van der Waals surface area contributed by atoms with Crippen molar-refractivity contribution in [1.29, 1.82) is 0 Å². The summed E-state index contributed by atoms with van der Waals surface area (Å²) in [5.41, 5.74) is 0.281. The highest BCUT2D eigenvalue weighted by Crippen LogP contribution is 2.23. The Bertz CT molecular complexity index is 522. The van der Waals surface area contributed by atoms with E-state index in [1.165, 1.54) is 11.8 Å². The third-order valence-corrected chi connectivity index (χ3v) is 3.78. The second kappa shape index (κ2) is 6.95. The standard InChI is InChI=1S/C13H14N2O4S/c16-13(19-9-10-5-2-1-3-6-10)11(15(17)18)12-14-7-4-8-20-12/h1-3,5-6,14H,4,7-9H2/b12-11-. The largest absolute Gasteiger partial charge is 0.453 e. The van der Waals surface area contributed by atoms with Crippen molar-refractivity contribution in [3.63, 3.8) is 0 Å². The molecule has 6 nitrogen and oxygen atoms in total. The smallest absolute Gasteiger partial charge is 0.413 e. The zero-order valence-corrected chi connectivity index (χ0v) is 11.5. The molecule has 7 heteroatoms. The Morgan fingerprint density at radius 3 is 2.75 bits per heavy atom. The van der Waals surface area contributed by atoms with Crippen LogP contribution in [0, 0.1) is 10.1 Å². The van der Waals surface area contributed by atoms with Gasteiger partial charge in [-0.3, -0.25) is 10.1 Å². The van der Waals surface area contributed by atoms with Gasteiger partial charge in [-0.25, -0.2) is 4.79 Å². The van der Waals surface area contributed by atoms with Crippen LogP contribution in [0.5, 0.6) is 0 Å². The molecule has 1 aromatic rings. The zero-order chi connectivity index (χ0) is 14.4. The highest BCUT2D eigenvalue weighted by atomic mass is 32.2. The van der Waals surface area contributed by atoms with Gasteiger partial charge in [0, 0.05) is 12.3 Å². The van der Waals surface area contributed by atoms with E-state index in [4.69, 9.17) is 4.74 Å². The number of rotatable bonds is 4. The Morgan fingerprint density at radius 2 is 2.15 bits per heavy atom. The van der Waals surface area contributed by atoms with Gasteiger partial charge in [-0.1, -0.05) is 30.3 Å². The van der Waals surface area contributed by atoms with E-state index in [0.29, 0.717) is 11.6 Å². The summed E-state index contributed by atoms with van der Waals surface area (Å²) in [6.07, 6.45) is 0.915. The second-order valence-electron chi connectivity index (χ2n) is 4.13. The van der Waals surface area contributed by atoms with Gasteiger partial charge in [0.1, 0.15) is 6.61 Å². The summed E-state index contributed by atoms with van der Waals surface area (Å²) in [5, 5.41) is 14.2. The first-order valence-corrected chi connectivity index (χ1v) is 7.13. The molecular weight excluding hydrogens is 280 g/mol. The molecule has 20 heavy (non-hydrogen) atoms. The summed E-state index contributed by atoms with van der Waals surface area (Å²) in [4.78, 5) is 22.2. The van der Waals surface area contributed by atoms with Crippen LogP contribution in [0.1, 0.15) is 12.0 Å². The molecule has 1 aromatic carbocycles. The van der Waals surface area contributed by atoms with Crippen LogP contribution in [0.15, 0.2) is 41.1 Å². The fourth-order valence-corrected chi connectivity index (χ4v) is 2.68. The van der Waals surface area contributed by atoms with Gasteiger partial charge in [0.15, 0.2) is 5.03 Å². The quantitative estimate of drug-likeness (QED) is 0.395. The number of carbonyl (C=O) groups is 1. The molecule has 0 amide bonds. The first-order valence-electron chi connectivity index (χ1n) is 6.15. The van der Waals surface area contributed by atoms with Crippen LogP contribution in [0.3, 0.4) is 0 Å². The van der Waals surface area contributed by atoms with E-state index < -0.39 is 16.6 Å². The van der Waals surface area contributed by atoms with E-state index in [9.17, 15) is 14.9 Å². The van der Waals surface area contributed by atoms with Crippen molar-refractivity contribution < 1.29 is 14.5 Å². The van der Waals surface area contributed by atoms with E-state index in [1.807, 2.05) is 18.2 Å². The number of ether oxygens (including phenoxy) is 1. The van der Waals surface area contributed by atoms with Crippen LogP contribution in [0.25, 0.3) is 0 Å². The second-order valence-corrected chi connectivity index (χ2v) is 5.23. The molecule has 0 bridgehead atoms. The molecule has 0 atom stereocenters. The number of carbonyl (C=O) groups excluding carboxylic acids is 1. The summed E-state index contributed by atoms with van der Waals surface area (Å²) in [6.45, 7) is 0.653. The van der Waals surface area contributed by atoms with Crippen molar-refractivity contribution in [1.82, 2.24) is 5.32 Å². The summed E-state index contributed by atoms with van der Waals surface area (Å²) in [5.74, 6) is -0.151. The molecular formula is C13H14N2O4S. The Labute approximate surface area is 120 Å². The summed E-state index contributed by atoms with van der Waals surface area (Å²) >= 11 is 1.28. The van der Waals surface area contributed by atoms with Crippen LogP contribution in [0.4, 0.5) is 0 Å². The SMILES string of the molecule is O=C(OCc1ccccc1)/C(=C1\NCCCS1)[N+](=O)[O-]. The predicted molar refractivity (Wildman–Crippen MR) is 75.3 cm³/mol. The number of hydrogen-bond donors (Lipinski definition) is 1. The molecule has 0 aliphatic carbocycles. The van der Waals surface area contributed by atoms with Crippen LogP contribution < -0.4 is 5.32 Å². The van der Waals surface area contributed by atoms with Crippen molar-refractivity contribution in [3.05, 3.63) is 56.7 Å². The van der Waals surface area contributed by atoms with Crippen LogP contribution in [-0.4, -0.2) is 23.2 Å². The van der Waals surface area contributed by atoms with Crippen molar-refractivity contribution in [2.45, 2.75) is 13.0 Å². The minimum absolute atomic E-state index is 0.0228. The highest BCUT2D eigenvalue weighted by molar-refractivity contribution is 8.03. The molecule has 0 radical (unpaired) electrons. The van der Waals surface area contributed by atoms with E-state index in [2.05, 4.69) is 5.32 Å². The van der Waals surface area contributed by atoms with Crippen molar-refractivity contribution in [2.75, 3.05) is 12.3 Å².